The highest BCUT2D eigenvalue weighted by Gasteiger charge is 2.21. The summed E-state index contributed by atoms with van der Waals surface area (Å²) in [6.07, 6.45) is -5.58. The van der Waals surface area contributed by atoms with Crippen LogP contribution in [0.2, 0.25) is 0 Å². The predicted octanol–water partition coefficient (Wildman–Crippen LogP) is 3.41. The van der Waals surface area contributed by atoms with Crippen molar-refractivity contribution in [3.05, 3.63) is 17.5 Å². The molecule has 0 spiro atoms. The number of rotatable bonds is 4. The number of halogens is 4. The van der Waals surface area contributed by atoms with Gasteiger partial charge in [0, 0.05) is 6.54 Å². The lowest BCUT2D eigenvalue weighted by Crippen LogP contribution is -2.10. The third-order valence-electron chi connectivity index (χ3n) is 1.82. The maximum Gasteiger partial charge on any atom is 0.282 e. The summed E-state index contributed by atoms with van der Waals surface area (Å²) >= 11 is 0. The molecular formula is C9H12F4N2. The Bertz CT molecular complexity index is 320. The molecule has 0 fully saturated rings. The average Bonchev–Trinajstić information content (AvgIpc) is 2.46. The van der Waals surface area contributed by atoms with E-state index < -0.39 is 24.2 Å². The molecule has 2 nitrogen and oxygen atoms in total. The highest BCUT2D eigenvalue weighted by Crippen LogP contribution is 2.25. The van der Waals surface area contributed by atoms with Crippen LogP contribution in [-0.2, 0) is 6.54 Å². The Morgan fingerprint density at radius 2 is 1.80 bits per heavy atom. The van der Waals surface area contributed by atoms with Gasteiger partial charge in [0.2, 0.25) is 0 Å². The lowest BCUT2D eigenvalue weighted by molar-refractivity contribution is 0.137. The predicted molar refractivity (Wildman–Crippen MR) is 47.0 cm³/mol. The minimum Gasteiger partial charge on any atom is -0.263 e. The van der Waals surface area contributed by atoms with Gasteiger partial charge in [0.1, 0.15) is 11.4 Å². The van der Waals surface area contributed by atoms with Gasteiger partial charge in [-0.05, 0) is 12.0 Å². The van der Waals surface area contributed by atoms with E-state index in [9.17, 15) is 17.6 Å². The summed E-state index contributed by atoms with van der Waals surface area (Å²) in [5.41, 5.74) is -1.04. The van der Waals surface area contributed by atoms with Crippen LogP contribution in [0, 0.1) is 5.92 Å². The molecule has 0 radical (unpaired) electrons. The zero-order chi connectivity index (χ0) is 11.6. The zero-order valence-corrected chi connectivity index (χ0v) is 8.42. The van der Waals surface area contributed by atoms with E-state index in [1.54, 1.807) is 13.8 Å². The number of hydrogen-bond acceptors (Lipinski definition) is 1. The van der Waals surface area contributed by atoms with Crippen molar-refractivity contribution in [2.75, 3.05) is 0 Å². The Morgan fingerprint density at radius 3 is 2.20 bits per heavy atom. The van der Waals surface area contributed by atoms with Crippen LogP contribution in [0.15, 0.2) is 6.07 Å². The average molecular weight is 224 g/mol. The Kier molecular flexibility index (Phi) is 3.71. The molecule has 0 saturated heterocycles. The van der Waals surface area contributed by atoms with Gasteiger partial charge in [0.05, 0.1) is 0 Å². The molecule has 0 bridgehead atoms. The van der Waals surface area contributed by atoms with Gasteiger partial charge in [-0.2, -0.15) is 5.10 Å². The fourth-order valence-corrected chi connectivity index (χ4v) is 1.23. The van der Waals surface area contributed by atoms with E-state index in [1.807, 2.05) is 0 Å². The molecule has 0 N–H and O–H groups in total. The fraction of sp³-hybridized carbons (Fsp3) is 0.667. The van der Waals surface area contributed by atoms with E-state index in [1.165, 1.54) is 0 Å². The molecule has 15 heavy (non-hydrogen) atoms. The van der Waals surface area contributed by atoms with Crippen molar-refractivity contribution < 1.29 is 17.6 Å². The largest absolute Gasteiger partial charge is 0.282 e. The number of alkyl halides is 4. The molecule has 0 saturated carbocycles. The van der Waals surface area contributed by atoms with Crippen LogP contribution < -0.4 is 0 Å². The van der Waals surface area contributed by atoms with Crippen molar-refractivity contribution >= 4 is 0 Å². The molecule has 1 aromatic rings. The van der Waals surface area contributed by atoms with E-state index in [0.29, 0.717) is 0 Å². The van der Waals surface area contributed by atoms with E-state index in [0.717, 1.165) is 10.7 Å². The zero-order valence-electron chi connectivity index (χ0n) is 8.42. The van der Waals surface area contributed by atoms with Crippen LogP contribution in [0.1, 0.15) is 38.1 Å². The van der Waals surface area contributed by atoms with Gasteiger partial charge >= 0.3 is 0 Å². The third kappa shape index (κ3) is 2.94. The Morgan fingerprint density at radius 1 is 1.20 bits per heavy atom. The van der Waals surface area contributed by atoms with Crippen LogP contribution in [0.4, 0.5) is 17.6 Å². The maximum absolute atomic E-state index is 12.4. The molecule has 0 amide bonds. The Hall–Kier alpha value is -1.07. The van der Waals surface area contributed by atoms with Gasteiger partial charge in [-0.1, -0.05) is 13.8 Å². The van der Waals surface area contributed by atoms with Gasteiger partial charge < -0.3 is 0 Å². The highest BCUT2D eigenvalue weighted by atomic mass is 19.3. The van der Waals surface area contributed by atoms with Crippen LogP contribution in [0.5, 0.6) is 0 Å². The van der Waals surface area contributed by atoms with Crippen molar-refractivity contribution in [3.63, 3.8) is 0 Å². The van der Waals surface area contributed by atoms with Gasteiger partial charge in [-0.3, -0.25) is 4.68 Å². The van der Waals surface area contributed by atoms with Crippen LogP contribution >= 0.6 is 0 Å². The van der Waals surface area contributed by atoms with E-state index >= 15 is 0 Å². The lowest BCUT2D eigenvalue weighted by atomic mass is 10.2. The Balaban J connectivity index is 3.00. The van der Waals surface area contributed by atoms with Crippen LogP contribution in [0.3, 0.4) is 0 Å². The molecule has 6 heteroatoms. The number of aromatic nitrogens is 2. The third-order valence-corrected chi connectivity index (χ3v) is 1.82. The second kappa shape index (κ2) is 4.63. The van der Waals surface area contributed by atoms with Crippen molar-refractivity contribution in [1.82, 2.24) is 9.78 Å². The summed E-state index contributed by atoms with van der Waals surface area (Å²) in [4.78, 5) is 0. The monoisotopic (exact) mass is 224 g/mol. The second-order valence-electron chi connectivity index (χ2n) is 3.67. The van der Waals surface area contributed by atoms with Gasteiger partial charge in [-0.15, -0.1) is 0 Å². The first-order valence-electron chi connectivity index (χ1n) is 4.55. The Labute approximate surface area is 84.9 Å². The molecule has 1 aromatic heterocycles. The molecule has 0 aromatic carbocycles. The summed E-state index contributed by atoms with van der Waals surface area (Å²) in [6.45, 7) is 3.82. The summed E-state index contributed by atoms with van der Waals surface area (Å²) in [6, 6.07) is 0.762. The summed E-state index contributed by atoms with van der Waals surface area (Å²) in [5.74, 6) is 0.0768. The first-order valence-corrected chi connectivity index (χ1v) is 4.55. The van der Waals surface area contributed by atoms with Crippen LogP contribution in [0.25, 0.3) is 0 Å². The van der Waals surface area contributed by atoms with E-state index in [2.05, 4.69) is 5.10 Å². The molecule has 1 rings (SSSR count). The molecule has 1 heterocycles. The van der Waals surface area contributed by atoms with Crippen LogP contribution in [-0.4, -0.2) is 9.78 Å². The topological polar surface area (TPSA) is 17.8 Å². The normalized spacial score (nSPS) is 12.1. The summed E-state index contributed by atoms with van der Waals surface area (Å²) < 4.78 is 50.3. The van der Waals surface area contributed by atoms with Gasteiger partial charge in [-0.25, -0.2) is 17.6 Å². The van der Waals surface area contributed by atoms with Gasteiger partial charge in [0.25, 0.3) is 12.9 Å². The highest BCUT2D eigenvalue weighted by molar-refractivity contribution is 5.12. The second-order valence-corrected chi connectivity index (χ2v) is 3.67. The molecular weight excluding hydrogens is 212 g/mol. The standard InChI is InChI=1S/C9H12F4N2/c1-5(2)4-15-7(9(12)13)3-6(14-15)8(10)11/h3,5,8-9H,4H2,1-2H3. The van der Waals surface area contributed by atoms with Crippen molar-refractivity contribution in [2.24, 2.45) is 5.92 Å². The summed E-state index contributed by atoms with van der Waals surface area (Å²) in [7, 11) is 0. The molecule has 0 aliphatic rings. The van der Waals surface area contributed by atoms with Crippen molar-refractivity contribution in [1.29, 1.82) is 0 Å². The maximum atomic E-state index is 12.4. The lowest BCUT2D eigenvalue weighted by Gasteiger charge is -2.08. The van der Waals surface area contributed by atoms with Crippen molar-refractivity contribution in [2.45, 2.75) is 33.2 Å². The summed E-state index contributed by atoms with van der Waals surface area (Å²) in [5, 5.41) is 3.46. The molecule has 0 atom stereocenters. The van der Waals surface area contributed by atoms with E-state index in [4.69, 9.17) is 0 Å². The minimum atomic E-state index is -2.81. The first kappa shape index (κ1) is 12.0. The molecule has 86 valence electrons. The molecule has 0 aliphatic heterocycles. The van der Waals surface area contributed by atoms with Crippen molar-refractivity contribution in [3.8, 4) is 0 Å². The van der Waals surface area contributed by atoms with E-state index in [-0.39, 0.29) is 12.5 Å². The SMILES string of the molecule is CC(C)Cn1nc(C(F)F)cc1C(F)F. The van der Waals surface area contributed by atoms with Gasteiger partial charge in [0.15, 0.2) is 0 Å². The molecule has 0 unspecified atom stereocenters. The fourth-order valence-electron chi connectivity index (χ4n) is 1.23. The smallest absolute Gasteiger partial charge is 0.263 e. The molecule has 0 aliphatic carbocycles. The minimum absolute atomic E-state index is 0.0768. The number of hydrogen-bond donors (Lipinski definition) is 0. The number of nitrogens with zero attached hydrogens (tertiary/aromatic N) is 2. The first-order chi connectivity index (χ1) is 6.91. The quantitative estimate of drug-likeness (QED) is 0.716.